The van der Waals surface area contributed by atoms with E-state index in [1.54, 1.807) is 6.92 Å². The first-order valence-corrected chi connectivity index (χ1v) is 10.0. The second-order valence-electron chi connectivity index (χ2n) is 9.52. The number of Topliss-reactive ketones (excluding diaryl/α,β-unsaturated/α-hetero) is 1. The molecule has 0 amide bonds. The number of aliphatic hydroxyl groups excluding tert-OH is 1. The third kappa shape index (κ3) is 2.08. The van der Waals surface area contributed by atoms with E-state index in [2.05, 4.69) is 13.0 Å². The Morgan fingerprint density at radius 1 is 1.08 bits per heavy atom. The third-order valence-electron chi connectivity index (χ3n) is 8.85. The second-order valence-corrected chi connectivity index (χ2v) is 9.52. The van der Waals surface area contributed by atoms with E-state index < -0.39 is 0 Å². The Bertz CT molecular complexity index is 581. The summed E-state index contributed by atoms with van der Waals surface area (Å²) in [6.07, 6.45) is 9.40. The van der Waals surface area contributed by atoms with Crippen LogP contribution in [0.15, 0.2) is 0 Å². The number of nitriles is 1. The maximum Gasteiger partial charge on any atom is 0.134 e. The maximum atomic E-state index is 12.2. The summed E-state index contributed by atoms with van der Waals surface area (Å²) in [6.45, 7) is 4.16. The van der Waals surface area contributed by atoms with Gasteiger partial charge in [-0.05, 0) is 93.8 Å². The highest BCUT2D eigenvalue weighted by molar-refractivity contribution is 5.80. The van der Waals surface area contributed by atoms with Gasteiger partial charge < -0.3 is 5.11 Å². The summed E-state index contributed by atoms with van der Waals surface area (Å²) >= 11 is 0. The zero-order valence-electron chi connectivity index (χ0n) is 15.1. The van der Waals surface area contributed by atoms with Crippen molar-refractivity contribution in [1.29, 1.82) is 5.26 Å². The van der Waals surface area contributed by atoms with Crippen molar-refractivity contribution in [2.75, 3.05) is 0 Å². The fraction of sp³-hybridized carbons (Fsp3) is 0.905. The molecule has 0 aromatic rings. The first-order valence-electron chi connectivity index (χ1n) is 10.0. The van der Waals surface area contributed by atoms with Gasteiger partial charge in [0, 0.05) is 5.92 Å². The smallest absolute Gasteiger partial charge is 0.134 e. The molecule has 8 atom stereocenters. The van der Waals surface area contributed by atoms with Crippen LogP contribution < -0.4 is 0 Å². The van der Waals surface area contributed by atoms with Gasteiger partial charge in [0.15, 0.2) is 0 Å². The Hall–Kier alpha value is -0.880. The highest BCUT2D eigenvalue weighted by Crippen LogP contribution is 2.67. The summed E-state index contributed by atoms with van der Waals surface area (Å²) in [4.78, 5) is 12.2. The van der Waals surface area contributed by atoms with Crippen molar-refractivity contribution in [3.05, 3.63) is 0 Å². The summed E-state index contributed by atoms with van der Waals surface area (Å²) < 4.78 is 0. The number of carbonyl (C=O) groups is 1. The number of hydrogen-bond donors (Lipinski definition) is 1. The van der Waals surface area contributed by atoms with Crippen LogP contribution in [-0.2, 0) is 4.79 Å². The molecule has 0 aliphatic heterocycles. The molecule has 3 nitrogen and oxygen atoms in total. The lowest BCUT2D eigenvalue weighted by atomic mass is 9.44. The van der Waals surface area contributed by atoms with Gasteiger partial charge in [-0.2, -0.15) is 5.26 Å². The predicted molar refractivity (Wildman–Crippen MR) is 91.8 cm³/mol. The van der Waals surface area contributed by atoms with E-state index in [4.69, 9.17) is 0 Å². The maximum absolute atomic E-state index is 12.2. The largest absolute Gasteiger partial charge is 0.393 e. The average molecular weight is 329 g/mol. The summed E-state index contributed by atoms with van der Waals surface area (Å²) in [6, 6.07) is 2.67. The van der Waals surface area contributed by atoms with Crippen LogP contribution in [-0.4, -0.2) is 17.0 Å². The Morgan fingerprint density at radius 3 is 2.58 bits per heavy atom. The molecule has 132 valence electrons. The van der Waals surface area contributed by atoms with Crippen molar-refractivity contribution in [2.24, 2.45) is 40.4 Å². The topological polar surface area (TPSA) is 61.1 Å². The molecule has 0 aromatic carbocycles. The Balaban J connectivity index is 1.65. The summed E-state index contributed by atoms with van der Waals surface area (Å²) in [5.41, 5.74) is -0.0253. The Labute approximate surface area is 145 Å². The van der Waals surface area contributed by atoms with E-state index in [1.807, 2.05) is 0 Å². The highest BCUT2D eigenvalue weighted by Gasteiger charge is 2.62. The number of aliphatic hydroxyl groups is 1. The number of fused-ring (bicyclic) bond motifs is 5. The molecule has 0 heterocycles. The van der Waals surface area contributed by atoms with Crippen LogP contribution in [0, 0.1) is 51.8 Å². The van der Waals surface area contributed by atoms with Gasteiger partial charge in [-0.1, -0.05) is 6.92 Å². The molecule has 4 aliphatic rings. The third-order valence-corrected chi connectivity index (χ3v) is 8.85. The van der Waals surface area contributed by atoms with Gasteiger partial charge in [-0.25, -0.2) is 0 Å². The lowest BCUT2D eigenvalue weighted by molar-refractivity contribution is -0.133. The van der Waals surface area contributed by atoms with Crippen molar-refractivity contribution < 1.29 is 9.90 Å². The predicted octanol–water partition coefficient (Wildman–Crippen LogP) is 4.10. The first-order chi connectivity index (χ1) is 11.4. The number of rotatable bonds is 1. The van der Waals surface area contributed by atoms with E-state index in [9.17, 15) is 15.2 Å². The van der Waals surface area contributed by atoms with Gasteiger partial charge in [-0.3, -0.25) is 4.79 Å². The summed E-state index contributed by atoms with van der Waals surface area (Å²) in [5, 5.41) is 20.2. The van der Waals surface area contributed by atoms with Crippen molar-refractivity contribution >= 4 is 5.78 Å². The quantitative estimate of drug-likeness (QED) is 0.788. The van der Waals surface area contributed by atoms with E-state index in [1.165, 1.54) is 12.8 Å². The minimum atomic E-state index is -0.371. The first kappa shape index (κ1) is 16.6. The van der Waals surface area contributed by atoms with Crippen LogP contribution >= 0.6 is 0 Å². The van der Waals surface area contributed by atoms with Crippen LogP contribution in [0.1, 0.15) is 71.6 Å². The van der Waals surface area contributed by atoms with E-state index in [0.717, 1.165) is 44.9 Å². The molecular weight excluding hydrogens is 298 g/mol. The van der Waals surface area contributed by atoms with Crippen LogP contribution in [0.5, 0.6) is 0 Å². The Morgan fingerprint density at radius 2 is 1.88 bits per heavy atom. The van der Waals surface area contributed by atoms with Gasteiger partial charge in [0.05, 0.1) is 17.6 Å². The molecule has 0 radical (unpaired) electrons. The molecule has 4 rings (SSSR count). The highest BCUT2D eigenvalue weighted by atomic mass is 16.3. The minimum absolute atomic E-state index is 0.0212. The number of nitrogens with zero attached hydrogens (tertiary/aromatic N) is 1. The molecule has 0 spiro atoms. The average Bonchev–Trinajstić information content (AvgIpc) is 2.95. The van der Waals surface area contributed by atoms with Crippen molar-refractivity contribution in [3.63, 3.8) is 0 Å². The lowest BCUT2D eigenvalue weighted by Crippen LogP contribution is -2.54. The van der Waals surface area contributed by atoms with Crippen LogP contribution in [0.4, 0.5) is 0 Å². The molecule has 4 saturated carbocycles. The minimum Gasteiger partial charge on any atom is -0.393 e. The molecule has 0 saturated heterocycles. The number of carbonyl (C=O) groups excluding carboxylic acids is 1. The molecule has 24 heavy (non-hydrogen) atoms. The van der Waals surface area contributed by atoms with Crippen LogP contribution in [0.3, 0.4) is 0 Å². The lowest BCUT2D eigenvalue weighted by Gasteiger charge is -2.60. The molecule has 0 unspecified atom stereocenters. The van der Waals surface area contributed by atoms with E-state index in [-0.39, 0.29) is 23.2 Å². The van der Waals surface area contributed by atoms with Crippen molar-refractivity contribution in [2.45, 2.75) is 77.7 Å². The fourth-order valence-corrected chi connectivity index (χ4v) is 7.69. The van der Waals surface area contributed by atoms with Crippen LogP contribution in [0.25, 0.3) is 0 Å². The van der Waals surface area contributed by atoms with E-state index >= 15 is 0 Å². The van der Waals surface area contributed by atoms with Gasteiger partial charge in [-0.15, -0.1) is 0 Å². The molecule has 3 heteroatoms. The molecule has 1 N–H and O–H groups in total. The fourth-order valence-electron chi connectivity index (χ4n) is 7.69. The number of ketones is 1. The second kappa shape index (κ2) is 5.56. The Kier molecular flexibility index (Phi) is 3.84. The molecule has 0 aromatic heterocycles. The monoisotopic (exact) mass is 329 g/mol. The zero-order valence-corrected chi connectivity index (χ0v) is 15.1. The molecule has 4 aliphatic carbocycles. The van der Waals surface area contributed by atoms with Crippen LogP contribution in [0.2, 0.25) is 0 Å². The van der Waals surface area contributed by atoms with Crippen molar-refractivity contribution in [3.8, 4) is 6.07 Å². The number of hydrogen-bond acceptors (Lipinski definition) is 3. The molecule has 4 fully saturated rings. The normalized spacial score (nSPS) is 53.4. The van der Waals surface area contributed by atoms with Gasteiger partial charge in [0.2, 0.25) is 0 Å². The van der Waals surface area contributed by atoms with Crippen molar-refractivity contribution in [1.82, 2.24) is 0 Å². The van der Waals surface area contributed by atoms with Gasteiger partial charge in [0.1, 0.15) is 5.78 Å². The molecule has 0 bridgehead atoms. The summed E-state index contributed by atoms with van der Waals surface area (Å²) in [5.74, 6) is 2.62. The SMILES string of the molecule is CC(=O)[C@H]1CC[C@H]2[C@@H]3CC[C@H]4C[C@@H](O)CC[C@]4(C)[C@H]3CC[C@]12C#N. The molecular formula is C21H31NO2. The van der Waals surface area contributed by atoms with Gasteiger partial charge >= 0.3 is 0 Å². The zero-order chi connectivity index (χ0) is 17.1. The standard InChI is InChI=1S/C21H31NO2/c1-13(23)17-5-6-19-16-4-3-14-11-15(24)7-9-20(14,2)18(16)8-10-21(17,19)12-22/h14-19,24H,3-11H2,1-2H3/t14-,15-,16+,17+,18-,19-,20-,21-/m0/s1. The summed E-state index contributed by atoms with van der Waals surface area (Å²) in [7, 11) is 0. The van der Waals surface area contributed by atoms with E-state index in [0.29, 0.717) is 29.1 Å². The van der Waals surface area contributed by atoms with Gasteiger partial charge in [0.25, 0.3) is 0 Å².